The molecule has 0 radical (unpaired) electrons. The maximum atomic E-state index is 4.31. The highest BCUT2D eigenvalue weighted by atomic mass is 14.3. The molecule has 2 aromatic carbocycles. The molecule has 16 heavy (non-hydrogen) atoms. The molecule has 0 aliphatic carbocycles. The third-order valence-corrected chi connectivity index (χ3v) is 2.93. The van der Waals surface area contributed by atoms with Crippen LogP contribution in [0.15, 0.2) is 73.3 Å². The molecule has 0 atom stereocenters. The number of hydrogen-bond acceptors (Lipinski definition) is 0. The van der Waals surface area contributed by atoms with Crippen LogP contribution in [0.5, 0.6) is 0 Å². The van der Waals surface area contributed by atoms with E-state index in [2.05, 4.69) is 37.8 Å². The predicted octanol–water partition coefficient (Wildman–Crippen LogP) is 3.99. The highest BCUT2D eigenvalue weighted by molar-refractivity contribution is 5.45. The maximum absolute atomic E-state index is 4.31. The van der Waals surface area contributed by atoms with Gasteiger partial charge in [-0.25, -0.2) is 0 Å². The Labute approximate surface area is 97.3 Å². The van der Waals surface area contributed by atoms with Gasteiger partial charge in [-0.3, -0.25) is 0 Å². The average Bonchev–Trinajstić information content (AvgIpc) is 2.40. The predicted molar refractivity (Wildman–Crippen MR) is 69.2 cm³/mol. The van der Waals surface area contributed by atoms with Crippen molar-refractivity contribution in [2.45, 2.75) is 5.41 Å². The number of hydrogen-bond donors (Lipinski definition) is 0. The van der Waals surface area contributed by atoms with Gasteiger partial charge in [0.05, 0.1) is 0 Å². The van der Waals surface area contributed by atoms with Crippen LogP contribution >= 0.6 is 0 Å². The minimum Gasteiger partial charge on any atom is -0.325 e. The van der Waals surface area contributed by atoms with Crippen molar-refractivity contribution in [2.75, 3.05) is 0 Å². The van der Waals surface area contributed by atoms with E-state index in [0.29, 0.717) is 0 Å². The molecule has 0 aromatic heterocycles. The second-order valence-electron chi connectivity index (χ2n) is 3.91. The van der Waals surface area contributed by atoms with Gasteiger partial charge in [0.25, 0.3) is 0 Å². The summed E-state index contributed by atoms with van der Waals surface area (Å²) < 4.78 is 0. The molecule has 2 aromatic rings. The molecule has 0 saturated carbocycles. The van der Waals surface area contributed by atoms with Gasteiger partial charge in [-0.05, 0) is 0 Å². The van der Waals surface area contributed by atoms with Gasteiger partial charge in [0, 0.05) is 0 Å². The summed E-state index contributed by atoms with van der Waals surface area (Å²) in [4.78, 5) is 0. The lowest BCUT2D eigenvalue weighted by molar-refractivity contribution is 0.813. The Bertz CT molecular complexity index is 414. The summed E-state index contributed by atoms with van der Waals surface area (Å²) in [5.74, 6) is 0. The Kier molecular flexibility index (Phi) is 2.91. The first-order chi connectivity index (χ1) is 7.77. The molecule has 0 bridgehead atoms. The van der Waals surface area contributed by atoms with E-state index in [9.17, 15) is 0 Å². The van der Waals surface area contributed by atoms with Crippen LogP contribution < -0.4 is 0 Å². The lowest BCUT2D eigenvalue weighted by Gasteiger charge is -2.34. The molecular formula is C16H15-. The molecule has 2 rings (SSSR count). The molecule has 80 valence electrons. The first-order valence-electron chi connectivity index (χ1n) is 5.37. The van der Waals surface area contributed by atoms with Gasteiger partial charge < -0.3 is 6.92 Å². The van der Waals surface area contributed by atoms with Gasteiger partial charge in [0.15, 0.2) is 0 Å². The third-order valence-electron chi connectivity index (χ3n) is 2.93. The van der Waals surface area contributed by atoms with Crippen molar-refractivity contribution in [2.24, 2.45) is 0 Å². The third kappa shape index (κ3) is 1.79. The zero-order valence-corrected chi connectivity index (χ0v) is 9.27. The molecule has 0 saturated heterocycles. The van der Waals surface area contributed by atoms with Gasteiger partial charge in [-0.15, -0.1) is 12.7 Å². The second kappa shape index (κ2) is 4.36. The second-order valence-corrected chi connectivity index (χ2v) is 3.91. The maximum Gasteiger partial charge on any atom is -0.0605 e. The lowest BCUT2D eigenvalue weighted by Crippen LogP contribution is -2.20. The minimum atomic E-state index is -0.359. The summed E-state index contributed by atoms with van der Waals surface area (Å²) in [6.07, 6.45) is 1.90. The Morgan fingerprint density at radius 2 is 1.19 bits per heavy atom. The molecule has 0 aliphatic heterocycles. The van der Waals surface area contributed by atoms with Crippen LogP contribution in [0, 0.1) is 6.92 Å². The van der Waals surface area contributed by atoms with Crippen LogP contribution in [-0.2, 0) is 5.41 Å². The molecule has 0 N–H and O–H groups in total. The quantitative estimate of drug-likeness (QED) is 0.527. The SMILES string of the molecule is C=CC([CH2-])(c1ccccc1)c1ccccc1. The topological polar surface area (TPSA) is 0 Å². The number of rotatable bonds is 3. The van der Waals surface area contributed by atoms with E-state index >= 15 is 0 Å². The summed E-state index contributed by atoms with van der Waals surface area (Å²) >= 11 is 0. The summed E-state index contributed by atoms with van der Waals surface area (Å²) in [7, 11) is 0. The molecule has 0 amide bonds. The van der Waals surface area contributed by atoms with Gasteiger partial charge in [-0.2, -0.15) is 0 Å². The normalized spacial score (nSPS) is 11.1. The van der Waals surface area contributed by atoms with E-state index in [1.165, 1.54) is 0 Å². The molecule has 0 spiro atoms. The van der Waals surface area contributed by atoms with E-state index in [1.54, 1.807) is 0 Å². The molecule has 0 heterocycles. The fourth-order valence-corrected chi connectivity index (χ4v) is 1.87. The zero-order chi connectivity index (χ0) is 11.4. The first-order valence-corrected chi connectivity index (χ1v) is 5.37. The Hall–Kier alpha value is -1.82. The van der Waals surface area contributed by atoms with Crippen LogP contribution in [0.4, 0.5) is 0 Å². The lowest BCUT2D eigenvalue weighted by atomic mass is 9.76. The Morgan fingerprint density at radius 1 is 0.812 bits per heavy atom. The zero-order valence-electron chi connectivity index (χ0n) is 9.27. The molecule has 0 unspecified atom stereocenters. The summed E-state index contributed by atoms with van der Waals surface area (Å²) in [5, 5.41) is 0. The average molecular weight is 207 g/mol. The van der Waals surface area contributed by atoms with Crippen LogP contribution in [-0.4, -0.2) is 0 Å². The Morgan fingerprint density at radius 3 is 1.50 bits per heavy atom. The van der Waals surface area contributed by atoms with E-state index < -0.39 is 0 Å². The molecule has 0 aliphatic rings. The van der Waals surface area contributed by atoms with Crippen molar-refractivity contribution in [3.63, 3.8) is 0 Å². The van der Waals surface area contributed by atoms with E-state index in [-0.39, 0.29) is 5.41 Å². The van der Waals surface area contributed by atoms with Crippen LogP contribution in [0.25, 0.3) is 0 Å². The van der Waals surface area contributed by atoms with Crippen LogP contribution in [0.1, 0.15) is 11.1 Å². The van der Waals surface area contributed by atoms with E-state index in [1.807, 2.05) is 42.5 Å². The van der Waals surface area contributed by atoms with Crippen molar-refractivity contribution < 1.29 is 0 Å². The van der Waals surface area contributed by atoms with E-state index in [4.69, 9.17) is 0 Å². The fraction of sp³-hybridized carbons (Fsp3) is 0.0625. The van der Waals surface area contributed by atoms with Gasteiger partial charge in [0.1, 0.15) is 0 Å². The number of allylic oxidation sites excluding steroid dienone is 1. The van der Waals surface area contributed by atoms with Gasteiger partial charge in [0.2, 0.25) is 0 Å². The molecule has 0 fully saturated rings. The summed E-state index contributed by atoms with van der Waals surface area (Å²) in [6.45, 7) is 8.23. The van der Waals surface area contributed by atoms with Crippen molar-refractivity contribution in [1.29, 1.82) is 0 Å². The summed E-state index contributed by atoms with van der Waals surface area (Å²) in [6, 6.07) is 20.5. The molecule has 0 nitrogen and oxygen atoms in total. The van der Waals surface area contributed by atoms with Gasteiger partial charge in [-0.1, -0.05) is 77.2 Å². The van der Waals surface area contributed by atoms with E-state index in [0.717, 1.165) is 11.1 Å². The van der Waals surface area contributed by atoms with Gasteiger partial charge >= 0.3 is 0 Å². The highest BCUT2D eigenvalue weighted by Gasteiger charge is 2.16. The Balaban J connectivity index is 2.53. The van der Waals surface area contributed by atoms with Crippen molar-refractivity contribution in [3.8, 4) is 0 Å². The monoisotopic (exact) mass is 207 g/mol. The smallest absolute Gasteiger partial charge is 0.0605 e. The largest absolute Gasteiger partial charge is 0.325 e. The van der Waals surface area contributed by atoms with Crippen molar-refractivity contribution >= 4 is 0 Å². The van der Waals surface area contributed by atoms with Crippen molar-refractivity contribution in [1.82, 2.24) is 0 Å². The summed E-state index contributed by atoms with van der Waals surface area (Å²) in [5.41, 5.74) is 1.97. The van der Waals surface area contributed by atoms with Crippen LogP contribution in [0.3, 0.4) is 0 Å². The van der Waals surface area contributed by atoms with Crippen LogP contribution in [0.2, 0.25) is 0 Å². The first kappa shape index (κ1) is 10.7. The fourth-order valence-electron chi connectivity index (χ4n) is 1.87. The standard InChI is InChI=1S/C16H15/c1-3-16(2,14-10-6-4-7-11-14)15-12-8-5-9-13-15/h3-13H,1-2H2/q-1. The molecular weight excluding hydrogens is 192 g/mol. The molecule has 0 heteroatoms. The number of benzene rings is 2. The minimum absolute atomic E-state index is 0.359. The highest BCUT2D eigenvalue weighted by Crippen LogP contribution is 2.32. The van der Waals surface area contributed by atoms with Crippen molar-refractivity contribution in [3.05, 3.63) is 91.4 Å².